The van der Waals surface area contributed by atoms with E-state index in [1.165, 1.54) is 24.3 Å². The normalized spacial score (nSPS) is 10.7. The molecule has 0 radical (unpaired) electrons. The third-order valence-electron chi connectivity index (χ3n) is 2.56. The van der Waals surface area contributed by atoms with E-state index in [2.05, 4.69) is 11.9 Å². The molecule has 0 bridgehead atoms. The Kier molecular flexibility index (Phi) is 6.08. The minimum atomic E-state index is -4.52. The van der Waals surface area contributed by atoms with Crippen molar-refractivity contribution in [2.24, 2.45) is 0 Å². The molecule has 98 valence electrons. The molecular formula is C13H10KNO4S. The maximum absolute atomic E-state index is 11.2. The zero-order valence-corrected chi connectivity index (χ0v) is 14.7. The van der Waals surface area contributed by atoms with Gasteiger partial charge < -0.3 is 9.87 Å². The van der Waals surface area contributed by atoms with Gasteiger partial charge in [-0.2, -0.15) is 0 Å². The molecule has 0 spiro atoms. The maximum atomic E-state index is 11.2. The summed E-state index contributed by atoms with van der Waals surface area (Å²) in [5.74, 6) is -0.369. The van der Waals surface area contributed by atoms with E-state index in [0.29, 0.717) is 16.5 Å². The second kappa shape index (κ2) is 6.95. The third kappa shape index (κ3) is 3.98. The molecule has 7 heteroatoms. The molecular weight excluding hydrogens is 305 g/mol. The third-order valence-corrected chi connectivity index (χ3v) is 3.46. The van der Waals surface area contributed by atoms with Gasteiger partial charge >= 0.3 is 51.4 Å². The van der Waals surface area contributed by atoms with Crippen LogP contribution in [0.15, 0.2) is 53.9 Å². The van der Waals surface area contributed by atoms with Crippen LogP contribution in [0.2, 0.25) is 0 Å². The minimum absolute atomic E-state index is 0. The molecule has 0 fully saturated rings. The van der Waals surface area contributed by atoms with Crippen molar-refractivity contribution in [1.29, 1.82) is 0 Å². The molecule has 0 unspecified atom stereocenters. The smallest absolute Gasteiger partial charge is 0.744 e. The Bertz CT molecular complexity index is 771. The van der Waals surface area contributed by atoms with E-state index >= 15 is 0 Å². The van der Waals surface area contributed by atoms with Crippen molar-refractivity contribution in [3.8, 4) is 0 Å². The van der Waals surface area contributed by atoms with Crippen molar-refractivity contribution in [1.82, 2.24) is 0 Å². The fraction of sp³-hybridized carbons (Fsp3) is 0. The quantitative estimate of drug-likeness (QED) is 0.441. The topological polar surface area (TPSA) is 86.3 Å². The molecule has 2 aromatic rings. The summed E-state index contributed by atoms with van der Waals surface area (Å²) < 4.78 is 33.4. The molecule has 0 saturated carbocycles. The molecule has 0 aliphatic heterocycles. The monoisotopic (exact) mass is 315 g/mol. The van der Waals surface area contributed by atoms with Gasteiger partial charge in [0.25, 0.3) is 0 Å². The summed E-state index contributed by atoms with van der Waals surface area (Å²) in [6.45, 7) is 3.33. The summed E-state index contributed by atoms with van der Waals surface area (Å²) in [7, 11) is -4.52. The summed E-state index contributed by atoms with van der Waals surface area (Å²) in [5, 5.41) is 3.44. The van der Waals surface area contributed by atoms with E-state index in [-0.39, 0.29) is 62.2 Å². The van der Waals surface area contributed by atoms with Crippen LogP contribution < -0.4 is 56.7 Å². The molecule has 20 heavy (non-hydrogen) atoms. The average Bonchev–Trinajstić information content (AvgIpc) is 2.36. The predicted octanol–water partition coefficient (Wildman–Crippen LogP) is -1.13. The van der Waals surface area contributed by atoms with Crippen molar-refractivity contribution in [2.75, 3.05) is 5.32 Å². The standard InChI is InChI=1S/C13H11NO4S.K/c1-2-13(15)14-10-6-7-11-9(8-10)4-3-5-12(11)19(16,17)18;/h2-8H,1H2,(H,14,15)(H,16,17,18);/q;+1/p-1. The molecule has 5 nitrogen and oxygen atoms in total. The van der Waals surface area contributed by atoms with Gasteiger partial charge in [0.2, 0.25) is 5.91 Å². The number of hydrogen-bond acceptors (Lipinski definition) is 4. The first kappa shape index (κ1) is 17.5. The summed E-state index contributed by atoms with van der Waals surface area (Å²) >= 11 is 0. The molecule has 1 amide bonds. The molecule has 0 saturated heterocycles. The summed E-state index contributed by atoms with van der Waals surface area (Å²) in [5.41, 5.74) is 0.498. The molecule has 0 atom stereocenters. The van der Waals surface area contributed by atoms with Gasteiger partial charge in [0, 0.05) is 5.69 Å². The number of fused-ring (bicyclic) bond motifs is 1. The van der Waals surface area contributed by atoms with Gasteiger partial charge in [0.15, 0.2) is 0 Å². The molecule has 2 aromatic carbocycles. The van der Waals surface area contributed by atoms with E-state index in [9.17, 15) is 17.8 Å². The van der Waals surface area contributed by atoms with E-state index in [4.69, 9.17) is 0 Å². The van der Waals surface area contributed by atoms with Crippen molar-refractivity contribution >= 4 is 32.5 Å². The number of nitrogens with one attached hydrogen (secondary N) is 1. The van der Waals surface area contributed by atoms with Crippen molar-refractivity contribution < 1.29 is 69.1 Å². The summed E-state index contributed by atoms with van der Waals surface area (Å²) in [6, 6.07) is 9.00. The molecule has 2 rings (SSSR count). The van der Waals surface area contributed by atoms with Gasteiger partial charge in [-0.25, -0.2) is 8.42 Å². The number of carbonyl (C=O) groups is 1. The van der Waals surface area contributed by atoms with Gasteiger partial charge in [0.1, 0.15) is 10.1 Å². The van der Waals surface area contributed by atoms with Crippen LogP contribution >= 0.6 is 0 Å². The second-order valence-corrected chi connectivity index (χ2v) is 5.19. The van der Waals surface area contributed by atoms with Crippen LogP contribution in [-0.4, -0.2) is 18.9 Å². The number of hydrogen-bond donors (Lipinski definition) is 1. The van der Waals surface area contributed by atoms with Crippen molar-refractivity contribution in [2.45, 2.75) is 4.90 Å². The van der Waals surface area contributed by atoms with Crippen LogP contribution in [0.5, 0.6) is 0 Å². The number of anilines is 1. The largest absolute Gasteiger partial charge is 1.00 e. The Morgan fingerprint density at radius 3 is 2.55 bits per heavy atom. The number of amides is 1. The van der Waals surface area contributed by atoms with Crippen LogP contribution in [0.4, 0.5) is 5.69 Å². The molecule has 0 aliphatic carbocycles. The first-order chi connectivity index (χ1) is 8.91. The molecule has 0 heterocycles. The Labute approximate surface area is 159 Å². The minimum Gasteiger partial charge on any atom is -0.744 e. The number of rotatable bonds is 3. The number of carbonyl (C=O) groups excluding carboxylic acids is 1. The van der Waals surface area contributed by atoms with Gasteiger partial charge in [-0.1, -0.05) is 24.8 Å². The number of benzene rings is 2. The second-order valence-electron chi connectivity index (χ2n) is 3.84. The van der Waals surface area contributed by atoms with Crippen LogP contribution in [0.3, 0.4) is 0 Å². The molecule has 1 N–H and O–H groups in total. The Balaban J connectivity index is 0.00000200. The van der Waals surface area contributed by atoms with Gasteiger partial charge in [-0.3, -0.25) is 4.79 Å². The van der Waals surface area contributed by atoms with E-state index in [0.717, 1.165) is 6.08 Å². The SMILES string of the molecule is C=CC(=O)Nc1ccc2c(S(=O)(=O)[O-])cccc2c1.[K+]. The van der Waals surface area contributed by atoms with Crippen LogP contribution in [0.1, 0.15) is 0 Å². The molecule has 0 aliphatic rings. The predicted molar refractivity (Wildman–Crippen MR) is 70.7 cm³/mol. The average molecular weight is 315 g/mol. The van der Waals surface area contributed by atoms with E-state index in [1.807, 2.05) is 0 Å². The Morgan fingerprint density at radius 2 is 1.95 bits per heavy atom. The molecule has 0 aromatic heterocycles. The fourth-order valence-electron chi connectivity index (χ4n) is 1.74. The zero-order valence-electron chi connectivity index (χ0n) is 10.8. The van der Waals surface area contributed by atoms with Gasteiger partial charge in [0.05, 0.1) is 4.90 Å². The first-order valence-corrected chi connectivity index (χ1v) is 6.75. The van der Waals surface area contributed by atoms with E-state index in [1.54, 1.807) is 12.1 Å². The fourth-order valence-corrected chi connectivity index (χ4v) is 2.44. The zero-order chi connectivity index (χ0) is 14.0. The van der Waals surface area contributed by atoms with Crippen LogP contribution in [-0.2, 0) is 14.9 Å². The first-order valence-electron chi connectivity index (χ1n) is 5.34. The van der Waals surface area contributed by atoms with E-state index < -0.39 is 10.1 Å². The van der Waals surface area contributed by atoms with Crippen molar-refractivity contribution in [3.63, 3.8) is 0 Å². The van der Waals surface area contributed by atoms with Crippen LogP contribution in [0, 0.1) is 0 Å². The van der Waals surface area contributed by atoms with Crippen molar-refractivity contribution in [3.05, 3.63) is 49.1 Å². The van der Waals surface area contributed by atoms with Crippen LogP contribution in [0.25, 0.3) is 10.8 Å². The maximum Gasteiger partial charge on any atom is 1.00 e. The Hall–Kier alpha value is -0.544. The van der Waals surface area contributed by atoms with Gasteiger partial charge in [-0.15, -0.1) is 0 Å². The summed E-state index contributed by atoms with van der Waals surface area (Å²) in [4.78, 5) is 10.9. The van der Waals surface area contributed by atoms with Gasteiger partial charge in [-0.05, 0) is 35.0 Å². The summed E-state index contributed by atoms with van der Waals surface area (Å²) in [6.07, 6.45) is 1.13. The Morgan fingerprint density at radius 1 is 1.25 bits per heavy atom.